The number of carbonyl (C=O) groups is 2. The number of carbonyl (C=O) groups excluding carboxylic acids is 2. The summed E-state index contributed by atoms with van der Waals surface area (Å²) in [6.07, 6.45) is 0.547. The van der Waals surface area contributed by atoms with E-state index in [0.29, 0.717) is 29.9 Å². The van der Waals surface area contributed by atoms with Crippen LogP contribution in [0.15, 0.2) is 54.6 Å². The third-order valence-electron chi connectivity index (χ3n) is 5.80. The van der Waals surface area contributed by atoms with Crippen LogP contribution in [-0.4, -0.2) is 32.6 Å². The maximum Gasteiger partial charge on any atom is 0.312 e. The molecule has 0 radical (unpaired) electrons. The highest BCUT2D eigenvalue weighted by atomic mass is 16.6. The second-order valence-electron chi connectivity index (χ2n) is 8.11. The van der Waals surface area contributed by atoms with Crippen molar-refractivity contribution in [2.24, 2.45) is 0 Å². The van der Waals surface area contributed by atoms with Crippen molar-refractivity contribution < 1.29 is 14.5 Å². The van der Waals surface area contributed by atoms with Gasteiger partial charge >= 0.3 is 5.69 Å². The van der Waals surface area contributed by atoms with Crippen LogP contribution in [0.1, 0.15) is 45.3 Å². The summed E-state index contributed by atoms with van der Waals surface area (Å²) in [4.78, 5) is 35.6. The van der Waals surface area contributed by atoms with Crippen LogP contribution in [0.25, 0.3) is 0 Å². The van der Waals surface area contributed by atoms with Crippen LogP contribution >= 0.6 is 0 Å². The molecule has 0 spiro atoms. The summed E-state index contributed by atoms with van der Waals surface area (Å²) in [5, 5.41) is 15.4. The van der Waals surface area contributed by atoms with Crippen molar-refractivity contribution in [1.82, 2.24) is 31.5 Å². The summed E-state index contributed by atoms with van der Waals surface area (Å²) in [6.45, 7) is 3.59. The third kappa shape index (κ3) is 4.95. The van der Waals surface area contributed by atoms with Gasteiger partial charge in [-0.15, -0.1) is 0 Å². The molecule has 1 saturated heterocycles. The fraction of sp³-hybridized carbons (Fsp3) is 0.261. The number of nitrogens with zero attached hydrogens (tertiary/aromatic N) is 3. The van der Waals surface area contributed by atoms with Gasteiger partial charge in [0.2, 0.25) is 0 Å². The van der Waals surface area contributed by atoms with Crippen molar-refractivity contribution in [2.75, 3.05) is 0 Å². The van der Waals surface area contributed by atoms with Crippen LogP contribution in [0.4, 0.5) is 5.69 Å². The minimum absolute atomic E-state index is 0.00356. The number of aromatic nitrogens is 2. The van der Waals surface area contributed by atoms with Gasteiger partial charge in [-0.05, 0) is 43.5 Å². The van der Waals surface area contributed by atoms with Gasteiger partial charge in [-0.25, -0.2) is 10.9 Å². The lowest BCUT2D eigenvalue weighted by atomic mass is 10.0. The van der Waals surface area contributed by atoms with E-state index in [1.54, 1.807) is 42.8 Å². The molecule has 3 aromatic rings. The number of hydrazine groups is 2. The summed E-state index contributed by atoms with van der Waals surface area (Å²) in [5.41, 5.74) is 14.0. The first-order chi connectivity index (χ1) is 16.3. The van der Waals surface area contributed by atoms with Crippen LogP contribution in [0.2, 0.25) is 0 Å². The maximum atomic E-state index is 12.4. The van der Waals surface area contributed by atoms with E-state index in [9.17, 15) is 19.7 Å². The number of rotatable bonds is 6. The minimum Gasteiger partial charge on any atom is -0.271 e. The molecule has 176 valence electrons. The van der Waals surface area contributed by atoms with Gasteiger partial charge in [0, 0.05) is 11.6 Å². The van der Waals surface area contributed by atoms with Crippen LogP contribution < -0.4 is 21.7 Å². The van der Waals surface area contributed by atoms with Crippen molar-refractivity contribution in [3.8, 4) is 0 Å². The van der Waals surface area contributed by atoms with Crippen molar-refractivity contribution in [1.29, 1.82) is 0 Å². The molecule has 2 unspecified atom stereocenters. The third-order valence-corrected chi connectivity index (χ3v) is 5.80. The minimum atomic E-state index is -0.488. The molecule has 1 aliphatic heterocycles. The van der Waals surface area contributed by atoms with Gasteiger partial charge < -0.3 is 0 Å². The first-order valence-electron chi connectivity index (χ1n) is 10.8. The average molecular weight is 463 g/mol. The van der Waals surface area contributed by atoms with Gasteiger partial charge in [0.05, 0.1) is 11.5 Å². The van der Waals surface area contributed by atoms with Crippen molar-refractivity contribution in [2.45, 2.75) is 38.9 Å². The fourth-order valence-electron chi connectivity index (χ4n) is 3.95. The molecule has 4 rings (SSSR count). The fourth-order valence-corrected chi connectivity index (χ4v) is 3.95. The molecule has 1 aromatic heterocycles. The molecule has 2 aromatic carbocycles. The molecule has 4 N–H and O–H groups in total. The zero-order valence-electron chi connectivity index (χ0n) is 18.7. The van der Waals surface area contributed by atoms with E-state index in [-0.39, 0.29) is 17.6 Å². The maximum absolute atomic E-state index is 12.4. The molecule has 11 heteroatoms. The highest BCUT2D eigenvalue weighted by Gasteiger charge is 2.30. The summed E-state index contributed by atoms with van der Waals surface area (Å²) >= 11 is 0. The SMILES string of the molecule is Cc1nn(Cc2ccc(C(=O)NNC(=O)C3CC(c4ccccc4)NN3)cc2)c(C)c1[N+](=O)[O-]. The standard InChI is InChI=1S/C23H25N7O4/c1-14-21(30(33)34)15(2)29(28-14)13-16-8-10-18(11-9-16)22(31)26-27-23(32)20-12-19(24-25-20)17-6-4-3-5-7-17/h3-11,19-20,24-25H,12-13H2,1-2H3,(H,26,31)(H,27,32). The average Bonchev–Trinajstić information content (AvgIpc) is 3.43. The Morgan fingerprint density at radius 3 is 2.44 bits per heavy atom. The monoisotopic (exact) mass is 463 g/mol. The molecule has 2 atom stereocenters. The van der Waals surface area contributed by atoms with E-state index >= 15 is 0 Å². The van der Waals surface area contributed by atoms with Gasteiger partial charge in [0.15, 0.2) is 0 Å². The summed E-state index contributed by atoms with van der Waals surface area (Å²) in [6, 6.07) is 16.0. The Morgan fingerprint density at radius 2 is 1.79 bits per heavy atom. The number of benzene rings is 2. The molecular weight excluding hydrogens is 438 g/mol. The van der Waals surface area contributed by atoms with Crippen molar-refractivity contribution in [3.05, 3.63) is 92.8 Å². The van der Waals surface area contributed by atoms with Gasteiger partial charge in [-0.2, -0.15) is 5.10 Å². The zero-order valence-corrected chi connectivity index (χ0v) is 18.7. The van der Waals surface area contributed by atoms with Crippen molar-refractivity contribution >= 4 is 17.5 Å². The second-order valence-corrected chi connectivity index (χ2v) is 8.11. The first-order valence-corrected chi connectivity index (χ1v) is 10.8. The molecule has 1 aliphatic rings. The van der Waals surface area contributed by atoms with E-state index in [0.717, 1.165) is 11.1 Å². The van der Waals surface area contributed by atoms with E-state index < -0.39 is 16.9 Å². The molecule has 2 amide bonds. The molecule has 34 heavy (non-hydrogen) atoms. The topological polar surface area (TPSA) is 143 Å². The van der Waals surface area contributed by atoms with E-state index in [4.69, 9.17) is 0 Å². The lowest BCUT2D eigenvalue weighted by Gasteiger charge is -2.12. The lowest BCUT2D eigenvalue weighted by molar-refractivity contribution is -0.386. The molecule has 2 heterocycles. The van der Waals surface area contributed by atoms with Gasteiger partial charge in [0.25, 0.3) is 11.8 Å². The molecule has 0 aliphatic carbocycles. The van der Waals surface area contributed by atoms with Crippen LogP contribution in [0.5, 0.6) is 0 Å². The zero-order chi connectivity index (χ0) is 24.2. The Balaban J connectivity index is 1.30. The van der Waals surface area contributed by atoms with Crippen LogP contribution in [0.3, 0.4) is 0 Å². The number of amides is 2. The van der Waals surface area contributed by atoms with E-state index in [1.165, 1.54) is 0 Å². The molecule has 11 nitrogen and oxygen atoms in total. The number of hydrogen-bond acceptors (Lipinski definition) is 7. The number of hydrogen-bond donors (Lipinski definition) is 4. The predicted molar refractivity (Wildman–Crippen MR) is 123 cm³/mol. The number of aryl methyl sites for hydroxylation is 1. The highest BCUT2D eigenvalue weighted by Crippen LogP contribution is 2.23. The first kappa shape index (κ1) is 23.1. The lowest BCUT2D eigenvalue weighted by Crippen LogP contribution is -2.50. The molecular formula is C23H25N7O4. The molecule has 1 fully saturated rings. The summed E-state index contributed by atoms with van der Waals surface area (Å²) in [7, 11) is 0. The second kappa shape index (κ2) is 9.81. The largest absolute Gasteiger partial charge is 0.312 e. The normalized spacial score (nSPS) is 17.4. The molecule has 0 saturated carbocycles. The van der Waals surface area contributed by atoms with E-state index in [1.807, 2.05) is 30.3 Å². The van der Waals surface area contributed by atoms with Gasteiger partial charge in [-0.3, -0.25) is 35.2 Å². The predicted octanol–water partition coefficient (Wildman–Crippen LogP) is 1.83. The number of nitrogens with one attached hydrogen (secondary N) is 4. The Hall–Kier alpha value is -4.09. The Bertz CT molecular complexity index is 1210. The number of nitro groups is 1. The molecule has 0 bridgehead atoms. The highest BCUT2D eigenvalue weighted by molar-refractivity contribution is 5.95. The van der Waals surface area contributed by atoms with Crippen LogP contribution in [0, 0.1) is 24.0 Å². The Morgan fingerprint density at radius 1 is 1.09 bits per heavy atom. The van der Waals surface area contributed by atoms with Crippen molar-refractivity contribution in [3.63, 3.8) is 0 Å². The van der Waals surface area contributed by atoms with Gasteiger partial charge in [0.1, 0.15) is 17.4 Å². The summed E-state index contributed by atoms with van der Waals surface area (Å²) < 4.78 is 1.56. The summed E-state index contributed by atoms with van der Waals surface area (Å²) in [5.74, 6) is -0.797. The van der Waals surface area contributed by atoms with E-state index in [2.05, 4.69) is 26.8 Å². The quantitative estimate of drug-likeness (QED) is 0.322. The Labute approximate surface area is 195 Å². The smallest absolute Gasteiger partial charge is 0.271 e. The van der Waals surface area contributed by atoms with Gasteiger partial charge in [-0.1, -0.05) is 42.5 Å². The van der Waals surface area contributed by atoms with Crippen LogP contribution in [-0.2, 0) is 11.3 Å². The Kier molecular flexibility index (Phi) is 6.66.